The summed E-state index contributed by atoms with van der Waals surface area (Å²) in [5.41, 5.74) is 1.77. The van der Waals surface area contributed by atoms with Gasteiger partial charge in [-0.15, -0.1) is 0 Å². The van der Waals surface area contributed by atoms with Crippen molar-refractivity contribution in [3.05, 3.63) is 0 Å². The summed E-state index contributed by atoms with van der Waals surface area (Å²) >= 11 is 0. The summed E-state index contributed by atoms with van der Waals surface area (Å²) in [6.45, 7) is 5.98. The summed E-state index contributed by atoms with van der Waals surface area (Å²) in [4.78, 5) is 0. The van der Waals surface area contributed by atoms with E-state index in [9.17, 15) is 0 Å². The molecule has 1 saturated heterocycles. The maximum absolute atomic E-state index is 5.71. The second-order valence-electron chi connectivity index (χ2n) is 7.55. The second-order valence-corrected chi connectivity index (χ2v) is 7.55. The maximum atomic E-state index is 5.71. The molecule has 5 unspecified atom stereocenters. The molecule has 1 spiro atoms. The van der Waals surface area contributed by atoms with E-state index in [-0.39, 0.29) is 0 Å². The highest BCUT2D eigenvalue weighted by Crippen LogP contribution is 2.76. The molecular formula is C15H24O. The molecule has 16 heavy (non-hydrogen) atoms. The van der Waals surface area contributed by atoms with Crippen molar-refractivity contribution in [2.75, 3.05) is 6.61 Å². The van der Waals surface area contributed by atoms with Gasteiger partial charge >= 0.3 is 0 Å². The van der Waals surface area contributed by atoms with E-state index in [1.807, 2.05) is 0 Å². The topological polar surface area (TPSA) is 12.5 Å². The Kier molecular flexibility index (Phi) is 1.67. The molecule has 0 bridgehead atoms. The van der Waals surface area contributed by atoms with Gasteiger partial charge in [-0.25, -0.2) is 0 Å². The van der Waals surface area contributed by atoms with Gasteiger partial charge in [0.2, 0.25) is 0 Å². The third kappa shape index (κ3) is 1.06. The first-order valence-electron chi connectivity index (χ1n) is 7.22. The van der Waals surface area contributed by atoms with Crippen molar-refractivity contribution in [3.8, 4) is 0 Å². The summed E-state index contributed by atoms with van der Waals surface area (Å²) in [6, 6.07) is 0. The molecule has 3 aliphatic carbocycles. The Balaban J connectivity index is 1.62. The molecule has 1 nitrogen and oxygen atoms in total. The van der Waals surface area contributed by atoms with E-state index in [1.54, 1.807) is 6.42 Å². The molecule has 90 valence electrons. The van der Waals surface area contributed by atoms with Gasteiger partial charge in [0.1, 0.15) is 0 Å². The zero-order valence-corrected chi connectivity index (χ0v) is 10.7. The van der Waals surface area contributed by atoms with Crippen LogP contribution >= 0.6 is 0 Å². The van der Waals surface area contributed by atoms with E-state index in [0.29, 0.717) is 11.0 Å². The fraction of sp³-hybridized carbons (Fsp3) is 1.00. The monoisotopic (exact) mass is 220 g/mol. The molecule has 0 aromatic heterocycles. The lowest BCUT2D eigenvalue weighted by Gasteiger charge is -2.49. The van der Waals surface area contributed by atoms with E-state index in [4.69, 9.17) is 4.74 Å². The first kappa shape index (κ1) is 9.94. The van der Waals surface area contributed by atoms with Crippen molar-refractivity contribution in [1.29, 1.82) is 0 Å². The average Bonchev–Trinajstić information content (AvgIpc) is 3.12. The molecular weight excluding hydrogens is 196 g/mol. The van der Waals surface area contributed by atoms with Gasteiger partial charge in [0, 0.05) is 0 Å². The Morgan fingerprint density at radius 1 is 1.00 bits per heavy atom. The zero-order valence-electron chi connectivity index (χ0n) is 10.7. The van der Waals surface area contributed by atoms with Crippen LogP contribution in [0.2, 0.25) is 0 Å². The van der Waals surface area contributed by atoms with Crippen molar-refractivity contribution in [1.82, 2.24) is 0 Å². The highest BCUT2D eigenvalue weighted by atomic mass is 16.6. The van der Waals surface area contributed by atoms with Gasteiger partial charge in [-0.1, -0.05) is 13.3 Å². The predicted molar refractivity (Wildman–Crippen MR) is 64.2 cm³/mol. The maximum Gasteiger partial charge on any atom is 0.0916 e. The minimum absolute atomic E-state index is 0.292. The van der Waals surface area contributed by atoms with Gasteiger partial charge in [0.25, 0.3) is 0 Å². The molecule has 1 heteroatoms. The van der Waals surface area contributed by atoms with Crippen LogP contribution in [0.5, 0.6) is 0 Å². The molecule has 1 aliphatic heterocycles. The Hall–Kier alpha value is -0.0400. The molecule has 4 fully saturated rings. The summed E-state index contributed by atoms with van der Waals surface area (Å²) < 4.78 is 5.71. The molecule has 0 N–H and O–H groups in total. The SMILES string of the molecule is CC1(C2CCC3(C)CCCC4CC43C2)CO1. The van der Waals surface area contributed by atoms with Gasteiger partial charge in [-0.3, -0.25) is 0 Å². The fourth-order valence-corrected chi connectivity index (χ4v) is 5.26. The first-order chi connectivity index (χ1) is 7.58. The standard InChI is InChI=1S/C15H24O/c1-13-6-3-4-12-9-15(12,13)8-11(5-7-13)14(2)10-16-14/h11-12H,3-10H2,1-2H3. The number of ether oxygens (including phenoxy) is 1. The second kappa shape index (κ2) is 2.68. The van der Waals surface area contributed by atoms with Crippen molar-refractivity contribution < 1.29 is 4.74 Å². The van der Waals surface area contributed by atoms with Crippen LogP contribution in [-0.2, 0) is 4.74 Å². The highest BCUT2D eigenvalue weighted by Gasteiger charge is 2.69. The summed E-state index contributed by atoms with van der Waals surface area (Å²) in [7, 11) is 0. The van der Waals surface area contributed by atoms with Crippen molar-refractivity contribution >= 4 is 0 Å². The van der Waals surface area contributed by atoms with Crippen LogP contribution in [0.1, 0.15) is 58.8 Å². The Morgan fingerprint density at radius 3 is 2.50 bits per heavy atom. The Bertz CT molecular complexity index is 332. The van der Waals surface area contributed by atoms with Crippen molar-refractivity contribution in [3.63, 3.8) is 0 Å². The van der Waals surface area contributed by atoms with Gasteiger partial charge < -0.3 is 4.74 Å². The first-order valence-corrected chi connectivity index (χ1v) is 7.22. The normalized spacial score (nSPS) is 63.4. The Morgan fingerprint density at radius 2 is 1.75 bits per heavy atom. The third-order valence-electron chi connectivity index (χ3n) is 6.83. The number of epoxide rings is 1. The Labute approximate surface area is 98.9 Å². The van der Waals surface area contributed by atoms with Crippen molar-refractivity contribution in [2.24, 2.45) is 22.7 Å². The summed E-state index contributed by atoms with van der Waals surface area (Å²) in [6.07, 6.45) is 10.5. The number of rotatable bonds is 1. The number of hydrogen-bond donors (Lipinski definition) is 0. The molecule has 0 amide bonds. The molecule has 1 heterocycles. The van der Waals surface area contributed by atoms with Crippen LogP contribution in [0.4, 0.5) is 0 Å². The average molecular weight is 220 g/mol. The molecule has 0 radical (unpaired) electrons. The van der Waals surface area contributed by atoms with E-state index in [1.165, 1.54) is 38.5 Å². The number of hydrogen-bond acceptors (Lipinski definition) is 1. The molecule has 4 aliphatic rings. The highest BCUT2D eigenvalue weighted by molar-refractivity contribution is 5.18. The lowest BCUT2D eigenvalue weighted by atomic mass is 9.55. The lowest BCUT2D eigenvalue weighted by molar-refractivity contribution is -0.00516. The van der Waals surface area contributed by atoms with Gasteiger partial charge in [0.05, 0.1) is 12.2 Å². The van der Waals surface area contributed by atoms with Crippen LogP contribution in [0.25, 0.3) is 0 Å². The molecule has 0 aromatic rings. The van der Waals surface area contributed by atoms with Crippen LogP contribution in [-0.4, -0.2) is 12.2 Å². The quantitative estimate of drug-likeness (QED) is 0.613. The van der Waals surface area contributed by atoms with Gasteiger partial charge in [-0.05, 0) is 68.1 Å². The third-order valence-corrected chi connectivity index (χ3v) is 6.83. The summed E-state index contributed by atoms with van der Waals surface area (Å²) in [5, 5.41) is 0. The van der Waals surface area contributed by atoms with E-state index in [2.05, 4.69) is 13.8 Å². The van der Waals surface area contributed by atoms with E-state index >= 15 is 0 Å². The largest absolute Gasteiger partial charge is 0.370 e. The van der Waals surface area contributed by atoms with E-state index < -0.39 is 0 Å². The molecule has 3 saturated carbocycles. The van der Waals surface area contributed by atoms with Gasteiger partial charge in [0.15, 0.2) is 0 Å². The zero-order chi connectivity index (χ0) is 11.0. The fourth-order valence-electron chi connectivity index (χ4n) is 5.26. The van der Waals surface area contributed by atoms with E-state index in [0.717, 1.165) is 23.9 Å². The molecule has 0 aromatic carbocycles. The smallest absolute Gasteiger partial charge is 0.0916 e. The minimum atomic E-state index is 0.292. The lowest BCUT2D eigenvalue weighted by Crippen LogP contribution is -2.42. The molecule has 5 atom stereocenters. The van der Waals surface area contributed by atoms with Crippen LogP contribution < -0.4 is 0 Å². The summed E-state index contributed by atoms with van der Waals surface area (Å²) in [5.74, 6) is 1.97. The molecule has 4 rings (SSSR count). The minimum Gasteiger partial charge on any atom is -0.370 e. The predicted octanol–water partition coefficient (Wildman–Crippen LogP) is 3.77. The van der Waals surface area contributed by atoms with Gasteiger partial charge in [-0.2, -0.15) is 0 Å². The van der Waals surface area contributed by atoms with Crippen molar-refractivity contribution in [2.45, 2.75) is 64.4 Å². The van der Waals surface area contributed by atoms with Crippen LogP contribution in [0, 0.1) is 22.7 Å². The van der Waals surface area contributed by atoms with Crippen LogP contribution in [0.3, 0.4) is 0 Å². The van der Waals surface area contributed by atoms with Crippen LogP contribution in [0.15, 0.2) is 0 Å².